The van der Waals surface area contributed by atoms with Crippen molar-refractivity contribution in [3.05, 3.63) is 89.2 Å². The van der Waals surface area contributed by atoms with E-state index in [0.717, 1.165) is 12.0 Å². The third-order valence-electron chi connectivity index (χ3n) is 4.27. The van der Waals surface area contributed by atoms with Crippen molar-refractivity contribution in [2.75, 3.05) is 0 Å². The Balaban J connectivity index is 1.79. The number of para-hydroxylation sites is 1. The van der Waals surface area contributed by atoms with Gasteiger partial charge >= 0.3 is 0 Å². The SMILES string of the molecule is Cc1cc(CCC(=O)c2ccccc2)c(C)n1-c1ccccc1. The highest BCUT2D eigenvalue weighted by atomic mass is 16.1. The molecule has 0 radical (unpaired) electrons. The van der Waals surface area contributed by atoms with E-state index in [1.807, 2.05) is 48.5 Å². The van der Waals surface area contributed by atoms with E-state index in [-0.39, 0.29) is 5.78 Å². The number of aryl methyl sites for hydroxylation is 2. The smallest absolute Gasteiger partial charge is 0.163 e. The normalized spacial score (nSPS) is 10.7. The summed E-state index contributed by atoms with van der Waals surface area (Å²) in [7, 11) is 0. The van der Waals surface area contributed by atoms with Crippen LogP contribution in [0.5, 0.6) is 0 Å². The van der Waals surface area contributed by atoms with Crippen molar-refractivity contribution >= 4 is 5.78 Å². The maximum absolute atomic E-state index is 12.3. The average Bonchev–Trinajstić information content (AvgIpc) is 2.88. The minimum atomic E-state index is 0.204. The molecule has 1 aromatic heterocycles. The lowest BCUT2D eigenvalue weighted by molar-refractivity contribution is 0.0983. The third-order valence-corrected chi connectivity index (χ3v) is 4.27. The zero-order valence-corrected chi connectivity index (χ0v) is 13.6. The molecule has 0 unspecified atom stereocenters. The molecular weight excluding hydrogens is 282 g/mol. The molecule has 2 heteroatoms. The molecule has 0 N–H and O–H groups in total. The molecule has 0 saturated heterocycles. The van der Waals surface area contributed by atoms with Gasteiger partial charge in [-0.15, -0.1) is 0 Å². The Bertz CT molecular complexity index is 801. The molecule has 0 bridgehead atoms. The van der Waals surface area contributed by atoms with Gasteiger partial charge in [0.25, 0.3) is 0 Å². The van der Waals surface area contributed by atoms with Gasteiger partial charge in [-0.25, -0.2) is 0 Å². The van der Waals surface area contributed by atoms with E-state index in [2.05, 4.69) is 36.6 Å². The summed E-state index contributed by atoms with van der Waals surface area (Å²) < 4.78 is 2.25. The van der Waals surface area contributed by atoms with E-state index >= 15 is 0 Å². The van der Waals surface area contributed by atoms with E-state index in [4.69, 9.17) is 0 Å². The minimum Gasteiger partial charge on any atom is -0.318 e. The first-order chi connectivity index (χ1) is 11.2. The van der Waals surface area contributed by atoms with E-state index < -0.39 is 0 Å². The summed E-state index contributed by atoms with van der Waals surface area (Å²) in [6.07, 6.45) is 1.32. The van der Waals surface area contributed by atoms with E-state index in [0.29, 0.717) is 6.42 Å². The molecule has 2 nitrogen and oxygen atoms in total. The molecular formula is C21H21NO. The quantitative estimate of drug-likeness (QED) is 0.614. The van der Waals surface area contributed by atoms with Crippen LogP contribution in [0.25, 0.3) is 5.69 Å². The zero-order chi connectivity index (χ0) is 16.2. The van der Waals surface area contributed by atoms with Gasteiger partial charge in [0, 0.05) is 29.1 Å². The highest BCUT2D eigenvalue weighted by molar-refractivity contribution is 5.96. The topological polar surface area (TPSA) is 22.0 Å². The second-order valence-electron chi connectivity index (χ2n) is 5.86. The molecule has 0 amide bonds. The molecule has 23 heavy (non-hydrogen) atoms. The Labute approximate surface area is 137 Å². The second kappa shape index (κ2) is 6.66. The Morgan fingerprint density at radius 2 is 1.52 bits per heavy atom. The van der Waals surface area contributed by atoms with Crippen molar-refractivity contribution in [1.82, 2.24) is 4.57 Å². The molecule has 0 saturated carbocycles. The standard InChI is InChI=1S/C21H21NO/c1-16-15-19(13-14-21(23)18-9-5-3-6-10-18)17(2)22(16)20-11-7-4-8-12-20/h3-12,15H,13-14H2,1-2H3. The third kappa shape index (κ3) is 3.26. The highest BCUT2D eigenvalue weighted by Gasteiger charge is 2.12. The Morgan fingerprint density at radius 1 is 0.913 bits per heavy atom. The number of carbonyl (C=O) groups excluding carboxylic acids is 1. The number of benzene rings is 2. The lowest BCUT2D eigenvalue weighted by atomic mass is 10.0. The summed E-state index contributed by atoms with van der Waals surface area (Å²) in [5.74, 6) is 0.204. The van der Waals surface area contributed by atoms with Crippen LogP contribution < -0.4 is 0 Å². The van der Waals surface area contributed by atoms with Gasteiger partial charge in [0.2, 0.25) is 0 Å². The first-order valence-electron chi connectivity index (χ1n) is 7.98. The molecule has 0 atom stereocenters. The van der Waals surface area contributed by atoms with Crippen molar-refractivity contribution in [1.29, 1.82) is 0 Å². The fourth-order valence-corrected chi connectivity index (χ4v) is 3.07. The number of hydrogen-bond donors (Lipinski definition) is 0. The van der Waals surface area contributed by atoms with Crippen LogP contribution in [0.4, 0.5) is 0 Å². The lowest BCUT2D eigenvalue weighted by Crippen LogP contribution is -2.02. The predicted octanol–water partition coefficient (Wildman–Crippen LogP) is 4.91. The first-order valence-corrected chi connectivity index (χ1v) is 7.98. The number of carbonyl (C=O) groups is 1. The molecule has 0 fully saturated rings. The summed E-state index contributed by atoms with van der Waals surface area (Å²) in [4.78, 5) is 12.3. The molecule has 0 aliphatic rings. The molecule has 0 spiro atoms. The van der Waals surface area contributed by atoms with Gasteiger partial charge in [-0.05, 0) is 44.0 Å². The van der Waals surface area contributed by atoms with Gasteiger partial charge in [-0.3, -0.25) is 4.79 Å². The van der Waals surface area contributed by atoms with Crippen LogP contribution in [0.1, 0.15) is 33.7 Å². The van der Waals surface area contributed by atoms with Crippen LogP contribution in [-0.4, -0.2) is 10.4 Å². The summed E-state index contributed by atoms with van der Waals surface area (Å²) >= 11 is 0. The maximum Gasteiger partial charge on any atom is 0.163 e. The zero-order valence-electron chi connectivity index (χ0n) is 13.6. The fourth-order valence-electron chi connectivity index (χ4n) is 3.07. The number of Topliss-reactive ketones (excluding diaryl/α,β-unsaturated/α-hetero) is 1. The summed E-state index contributed by atoms with van der Waals surface area (Å²) in [5, 5.41) is 0. The van der Waals surface area contributed by atoms with Crippen LogP contribution in [0.2, 0.25) is 0 Å². The first kappa shape index (κ1) is 15.3. The van der Waals surface area contributed by atoms with Gasteiger partial charge in [0.1, 0.15) is 0 Å². The van der Waals surface area contributed by atoms with Crippen molar-refractivity contribution < 1.29 is 4.79 Å². The molecule has 2 aromatic carbocycles. The summed E-state index contributed by atoms with van der Waals surface area (Å²) in [6, 6.07) is 22.1. The van der Waals surface area contributed by atoms with Crippen LogP contribution in [0, 0.1) is 13.8 Å². The van der Waals surface area contributed by atoms with Gasteiger partial charge in [-0.1, -0.05) is 48.5 Å². The van der Waals surface area contributed by atoms with Crippen molar-refractivity contribution in [2.24, 2.45) is 0 Å². The monoisotopic (exact) mass is 303 g/mol. The number of aromatic nitrogens is 1. The largest absolute Gasteiger partial charge is 0.318 e. The molecule has 3 rings (SSSR count). The van der Waals surface area contributed by atoms with E-state index in [9.17, 15) is 4.79 Å². The van der Waals surface area contributed by atoms with E-state index in [1.54, 1.807) is 0 Å². The Hall–Kier alpha value is -2.61. The Morgan fingerprint density at radius 3 is 2.17 bits per heavy atom. The van der Waals surface area contributed by atoms with Crippen molar-refractivity contribution in [2.45, 2.75) is 26.7 Å². The number of hydrogen-bond acceptors (Lipinski definition) is 1. The molecule has 116 valence electrons. The predicted molar refractivity (Wildman–Crippen MR) is 94.3 cm³/mol. The fraction of sp³-hybridized carbons (Fsp3) is 0.190. The average molecular weight is 303 g/mol. The van der Waals surface area contributed by atoms with Gasteiger partial charge in [0.15, 0.2) is 5.78 Å². The number of ketones is 1. The lowest BCUT2D eigenvalue weighted by Gasteiger charge is -2.09. The number of nitrogens with zero attached hydrogens (tertiary/aromatic N) is 1. The van der Waals surface area contributed by atoms with Crippen LogP contribution in [0.15, 0.2) is 66.7 Å². The van der Waals surface area contributed by atoms with Crippen LogP contribution in [-0.2, 0) is 6.42 Å². The molecule has 0 aliphatic heterocycles. The highest BCUT2D eigenvalue weighted by Crippen LogP contribution is 2.22. The second-order valence-corrected chi connectivity index (χ2v) is 5.86. The number of rotatable bonds is 5. The van der Waals surface area contributed by atoms with Gasteiger partial charge < -0.3 is 4.57 Å². The molecule has 1 heterocycles. The van der Waals surface area contributed by atoms with Gasteiger partial charge in [0.05, 0.1) is 0 Å². The summed E-state index contributed by atoms with van der Waals surface area (Å²) in [6.45, 7) is 4.24. The molecule has 3 aromatic rings. The van der Waals surface area contributed by atoms with Gasteiger partial charge in [-0.2, -0.15) is 0 Å². The molecule has 0 aliphatic carbocycles. The maximum atomic E-state index is 12.3. The summed E-state index contributed by atoms with van der Waals surface area (Å²) in [5.41, 5.74) is 5.63. The Kier molecular flexibility index (Phi) is 4.42. The minimum absolute atomic E-state index is 0.204. The van der Waals surface area contributed by atoms with Crippen molar-refractivity contribution in [3.8, 4) is 5.69 Å². The van der Waals surface area contributed by atoms with Crippen molar-refractivity contribution in [3.63, 3.8) is 0 Å². The van der Waals surface area contributed by atoms with Crippen LogP contribution >= 0.6 is 0 Å². The van der Waals surface area contributed by atoms with Crippen LogP contribution in [0.3, 0.4) is 0 Å². The van der Waals surface area contributed by atoms with E-state index in [1.165, 1.54) is 22.6 Å².